The molecule has 2 fully saturated rings. The van der Waals surface area contributed by atoms with Crippen molar-refractivity contribution in [2.24, 2.45) is 0 Å². The van der Waals surface area contributed by atoms with Crippen LogP contribution in [-0.4, -0.2) is 60.5 Å². The molecule has 0 aromatic heterocycles. The highest BCUT2D eigenvalue weighted by atomic mass is 19.1. The summed E-state index contributed by atoms with van der Waals surface area (Å²) in [7, 11) is 1.78. The van der Waals surface area contributed by atoms with Crippen molar-refractivity contribution < 1.29 is 18.7 Å². The molecule has 2 saturated heterocycles. The summed E-state index contributed by atoms with van der Waals surface area (Å²) in [6, 6.07) is 6.30. The number of carbonyl (C=O) groups is 2. The lowest BCUT2D eigenvalue weighted by atomic mass is 9.94. The standard InChI is InChI=1S/C18H23FN2O3/c1-20-9-5-4-8-18(17(20)23)13-21(10-11-24-18)16(22)12-14-6-2-3-7-15(14)19/h2-3,6-7H,4-5,8-13H2,1H3. The van der Waals surface area contributed by atoms with Gasteiger partial charge < -0.3 is 14.5 Å². The fourth-order valence-corrected chi connectivity index (χ4v) is 3.51. The molecule has 3 rings (SSSR count). The van der Waals surface area contributed by atoms with E-state index in [1.807, 2.05) is 0 Å². The molecule has 1 aromatic carbocycles. The van der Waals surface area contributed by atoms with E-state index in [9.17, 15) is 14.0 Å². The zero-order valence-electron chi connectivity index (χ0n) is 14.0. The smallest absolute Gasteiger partial charge is 0.256 e. The van der Waals surface area contributed by atoms with Crippen LogP contribution in [0.1, 0.15) is 24.8 Å². The van der Waals surface area contributed by atoms with Crippen LogP contribution in [0, 0.1) is 5.82 Å². The third kappa shape index (κ3) is 3.29. The molecule has 2 heterocycles. The van der Waals surface area contributed by atoms with Gasteiger partial charge in [-0.1, -0.05) is 18.2 Å². The molecule has 6 heteroatoms. The summed E-state index contributed by atoms with van der Waals surface area (Å²) < 4.78 is 19.6. The van der Waals surface area contributed by atoms with Crippen LogP contribution >= 0.6 is 0 Å². The summed E-state index contributed by atoms with van der Waals surface area (Å²) >= 11 is 0. The van der Waals surface area contributed by atoms with Gasteiger partial charge in [-0.2, -0.15) is 0 Å². The Morgan fingerprint density at radius 2 is 2.08 bits per heavy atom. The third-order valence-electron chi connectivity index (χ3n) is 4.90. The van der Waals surface area contributed by atoms with Crippen LogP contribution < -0.4 is 0 Å². The molecule has 24 heavy (non-hydrogen) atoms. The van der Waals surface area contributed by atoms with E-state index >= 15 is 0 Å². The van der Waals surface area contributed by atoms with E-state index in [2.05, 4.69) is 0 Å². The highest BCUT2D eigenvalue weighted by Crippen LogP contribution is 2.29. The Morgan fingerprint density at radius 1 is 1.29 bits per heavy atom. The van der Waals surface area contributed by atoms with Crippen molar-refractivity contribution in [1.29, 1.82) is 0 Å². The van der Waals surface area contributed by atoms with Gasteiger partial charge in [0, 0.05) is 20.1 Å². The lowest BCUT2D eigenvalue weighted by Crippen LogP contribution is -2.60. The van der Waals surface area contributed by atoms with Gasteiger partial charge in [0.15, 0.2) is 5.60 Å². The molecule has 2 aliphatic rings. The fourth-order valence-electron chi connectivity index (χ4n) is 3.51. The average molecular weight is 334 g/mol. The van der Waals surface area contributed by atoms with E-state index < -0.39 is 5.60 Å². The van der Waals surface area contributed by atoms with Crippen LogP contribution in [-0.2, 0) is 20.7 Å². The maximum Gasteiger partial charge on any atom is 0.256 e. The molecule has 1 unspecified atom stereocenters. The Kier molecular flexibility index (Phi) is 4.85. The van der Waals surface area contributed by atoms with Crippen molar-refractivity contribution >= 4 is 11.8 Å². The molecule has 0 bridgehead atoms. The molecule has 0 saturated carbocycles. The van der Waals surface area contributed by atoms with Gasteiger partial charge in [-0.25, -0.2) is 4.39 Å². The summed E-state index contributed by atoms with van der Waals surface area (Å²) in [6.45, 7) is 1.74. The topological polar surface area (TPSA) is 49.9 Å². The van der Waals surface area contributed by atoms with E-state index in [-0.39, 0.29) is 30.6 Å². The van der Waals surface area contributed by atoms with E-state index in [0.717, 1.165) is 12.8 Å². The molecule has 1 spiro atoms. The molecule has 0 radical (unpaired) electrons. The second-order valence-corrected chi connectivity index (χ2v) is 6.61. The summed E-state index contributed by atoms with van der Waals surface area (Å²) in [5, 5.41) is 0. The molecule has 0 aliphatic carbocycles. The van der Waals surface area contributed by atoms with Crippen LogP contribution in [0.5, 0.6) is 0 Å². The molecule has 2 amide bonds. The molecule has 2 aliphatic heterocycles. The van der Waals surface area contributed by atoms with Crippen molar-refractivity contribution in [2.45, 2.75) is 31.3 Å². The Morgan fingerprint density at radius 3 is 2.88 bits per heavy atom. The van der Waals surface area contributed by atoms with Crippen LogP contribution in [0.15, 0.2) is 24.3 Å². The number of hydrogen-bond acceptors (Lipinski definition) is 3. The van der Waals surface area contributed by atoms with E-state index in [1.54, 1.807) is 35.0 Å². The second-order valence-electron chi connectivity index (χ2n) is 6.61. The molecule has 5 nitrogen and oxygen atoms in total. The van der Waals surface area contributed by atoms with Crippen molar-refractivity contribution in [1.82, 2.24) is 9.80 Å². The Labute approximate surface area is 141 Å². The Balaban J connectivity index is 1.74. The number of likely N-dealkylation sites (N-methyl/N-ethyl adjacent to an activating group) is 1. The number of nitrogens with zero attached hydrogens (tertiary/aromatic N) is 2. The highest BCUT2D eigenvalue weighted by Gasteiger charge is 2.46. The number of carbonyl (C=O) groups excluding carboxylic acids is 2. The first-order chi connectivity index (χ1) is 11.5. The van der Waals surface area contributed by atoms with Crippen LogP contribution in [0.4, 0.5) is 4.39 Å². The zero-order valence-corrected chi connectivity index (χ0v) is 14.0. The summed E-state index contributed by atoms with van der Waals surface area (Å²) in [5.74, 6) is -0.593. The predicted octanol–water partition coefficient (Wildman–Crippen LogP) is 1.61. The van der Waals surface area contributed by atoms with E-state index in [1.165, 1.54) is 6.07 Å². The normalized spacial score (nSPS) is 25.0. The number of morpholine rings is 1. The van der Waals surface area contributed by atoms with Crippen molar-refractivity contribution in [3.05, 3.63) is 35.6 Å². The monoisotopic (exact) mass is 334 g/mol. The number of hydrogen-bond donors (Lipinski definition) is 0. The number of halogens is 1. The number of benzene rings is 1. The van der Waals surface area contributed by atoms with Gasteiger partial charge in [-0.15, -0.1) is 0 Å². The lowest BCUT2D eigenvalue weighted by Gasteiger charge is -2.42. The molecule has 0 N–H and O–H groups in total. The van der Waals surface area contributed by atoms with E-state index in [0.29, 0.717) is 31.7 Å². The van der Waals surface area contributed by atoms with Gasteiger partial charge in [-0.05, 0) is 30.9 Å². The number of amides is 2. The summed E-state index contributed by atoms with van der Waals surface area (Å²) in [6.07, 6.45) is 2.47. The molecule has 1 aromatic rings. The number of ether oxygens (including phenoxy) is 1. The number of rotatable bonds is 2. The summed E-state index contributed by atoms with van der Waals surface area (Å²) in [5.41, 5.74) is -0.554. The minimum Gasteiger partial charge on any atom is -0.361 e. The maximum atomic E-state index is 13.8. The first kappa shape index (κ1) is 16.9. The quantitative estimate of drug-likeness (QED) is 0.826. The van der Waals surface area contributed by atoms with Gasteiger partial charge in [-0.3, -0.25) is 9.59 Å². The molecule has 130 valence electrons. The van der Waals surface area contributed by atoms with Gasteiger partial charge in [0.1, 0.15) is 5.82 Å². The minimum atomic E-state index is -0.936. The second kappa shape index (κ2) is 6.89. The van der Waals surface area contributed by atoms with E-state index in [4.69, 9.17) is 4.74 Å². The Bertz CT molecular complexity index is 636. The van der Waals surface area contributed by atoms with Crippen LogP contribution in [0.3, 0.4) is 0 Å². The summed E-state index contributed by atoms with van der Waals surface area (Å²) in [4.78, 5) is 28.6. The average Bonchev–Trinajstić information content (AvgIpc) is 2.71. The van der Waals surface area contributed by atoms with Gasteiger partial charge in [0.05, 0.1) is 19.6 Å². The van der Waals surface area contributed by atoms with Gasteiger partial charge in [0.25, 0.3) is 5.91 Å². The highest BCUT2D eigenvalue weighted by molar-refractivity contribution is 5.87. The molecular formula is C18H23FN2O3. The first-order valence-electron chi connectivity index (χ1n) is 8.42. The third-order valence-corrected chi connectivity index (χ3v) is 4.90. The first-order valence-corrected chi connectivity index (χ1v) is 8.42. The van der Waals surface area contributed by atoms with Gasteiger partial charge >= 0.3 is 0 Å². The van der Waals surface area contributed by atoms with Crippen LogP contribution in [0.25, 0.3) is 0 Å². The molecular weight excluding hydrogens is 311 g/mol. The predicted molar refractivity (Wildman–Crippen MR) is 86.9 cm³/mol. The maximum absolute atomic E-state index is 13.8. The minimum absolute atomic E-state index is 0.00673. The van der Waals surface area contributed by atoms with Gasteiger partial charge in [0.2, 0.25) is 5.91 Å². The van der Waals surface area contributed by atoms with Crippen molar-refractivity contribution in [2.75, 3.05) is 33.3 Å². The SMILES string of the molecule is CN1CCCCC2(CN(C(=O)Cc3ccccc3F)CCO2)C1=O. The van der Waals surface area contributed by atoms with Crippen molar-refractivity contribution in [3.63, 3.8) is 0 Å². The lowest BCUT2D eigenvalue weighted by molar-refractivity contribution is -0.173. The Hall–Kier alpha value is -1.95. The zero-order chi connectivity index (χ0) is 17.2. The molecule has 1 atom stereocenters. The fraction of sp³-hybridized carbons (Fsp3) is 0.556. The number of likely N-dealkylation sites (tertiary alicyclic amines) is 1. The van der Waals surface area contributed by atoms with Crippen molar-refractivity contribution in [3.8, 4) is 0 Å². The largest absolute Gasteiger partial charge is 0.361 e. The van der Waals surface area contributed by atoms with Crippen LogP contribution in [0.2, 0.25) is 0 Å².